The molecule has 250 valence electrons. The van der Waals surface area contributed by atoms with Crippen molar-refractivity contribution in [1.29, 1.82) is 0 Å². The van der Waals surface area contributed by atoms with Crippen LogP contribution in [0.2, 0.25) is 0 Å². The molecule has 17 heteroatoms. The molecule has 4 amide bonds. The normalized spacial score (nSPS) is 13.4. The fourth-order valence-corrected chi connectivity index (χ4v) is 4.16. The zero-order chi connectivity index (χ0) is 34.2. The SMILES string of the molecule is CC(C)C[C@H](NC(=O)OCc1ccccc1)C(=O)N[C@@H](CCC(=O)O)C(=O)N[C@@H](Cc1c[nH]cn1)C(=O)N[C@@H](CC(=O)O)C(=O)O. The van der Waals surface area contributed by atoms with E-state index in [2.05, 4.69) is 31.2 Å². The zero-order valence-electron chi connectivity index (χ0n) is 25.2. The van der Waals surface area contributed by atoms with Crippen molar-refractivity contribution in [3.8, 4) is 0 Å². The molecule has 0 aliphatic carbocycles. The summed E-state index contributed by atoms with van der Waals surface area (Å²) >= 11 is 0. The number of nitrogens with one attached hydrogen (secondary N) is 5. The van der Waals surface area contributed by atoms with Crippen molar-refractivity contribution in [2.45, 2.75) is 76.7 Å². The Morgan fingerprint density at radius 1 is 0.804 bits per heavy atom. The van der Waals surface area contributed by atoms with E-state index in [9.17, 15) is 43.8 Å². The number of imidazole rings is 1. The molecule has 8 N–H and O–H groups in total. The van der Waals surface area contributed by atoms with Crippen LogP contribution >= 0.6 is 0 Å². The number of alkyl carbamates (subject to hydrolysis) is 1. The molecule has 0 radical (unpaired) electrons. The summed E-state index contributed by atoms with van der Waals surface area (Å²) in [5.41, 5.74) is 0.978. The van der Waals surface area contributed by atoms with Gasteiger partial charge >= 0.3 is 24.0 Å². The Morgan fingerprint density at radius 3 is 1.98 bits per heavy atom. The molecule has 0 spiro atoms. The number of hydrogen-bond donors (Lipinski definition) is 8. The van der Waals surface area contributed by atoms with Crippen LogP contribution in [0.3, 0.4) is 0 Å². The van der Waals surface area contributed by atoms with Crippen molar-refractivity contribution in [2.24, 2.45) is 5.92 Å². The van der Waals surface area contributed by atoms with Crippen molar-refractivity contribution in [3.63, 3.8) is 0 Å². The molecule has 0 saturated heterocycles. The van der Waals surface area contributed by atoms with Gasteiger partial charge in [0.05, 0.1) is 18.4 Å². The monoisotopic (exact) mass is 646 g/mol. The van der Waals surface area contributed by atoms with E-state index in [0.717, 1.165) is 0 Å². The van der Waals surface area contributed by atoms with Gasteiger partial charge in [-0.25, -0.2) is 14.6 Å². The zero-order valence-corrected chi connectivity index (χ0v) is 25.2. The van der Waals surface area contributed by atoms with Crippen LogP contribution in [-0.4, -0.2) is 91.2 Å². The van der Waals surface area contributed by atoms with Crippen LogP contribution in [0.25, 0.3) is 0 Å². The standard InChI is InChI=1S/C29H38N6O11/c1-16(2)10-20(35-29(45)46-14-17-6-4-3-5-7-17)26(41)32-19(8-9-23(36)37)25(40)33-21(11-18-13-30-15-31-18)27(42)34-22(28(43)44)12-24(38)39/h3-7,13,15-16,19-22H,8-12,14H2,1-2H3,(H,30,31)(H,32,41)(H,33,40)(H,34,42)(H,35,45)(H,36,37)(H,38,39)(H,43,44)/t19-,20-,21-,22-/m0/s1. The molecule has 0 bridgehead atoms. The maximum Gasteiger partial charge on any atom is 0.408 e. The number of aromatic amines is 1. The van der Waals surface area contributed by atoms with Gasteiger partial charge in [-0.05, 0) is 24.3 Å². The number of amides is 4. The van der Waals surface area contributed by atoms with Crippen molar-refractivity contribution in [3.05, 3.63) is 54.1 Å². The number of rotatable bonds is 19. The molecule has 1 heterocycles. The average Bonchev–Trinajstić information content (AvgIpc) is 3.50. The molecule has 2 rings (SSSR count). The first-order valence-electron chi connectivity index (χ1n) is 14.3. The predicted octanol–water partition coefficient (Wildman–Crippen LogP) is 0.172. The highest BCUT2D eigenvalue weighted by atomic mass is 16.5. The van der Waals surface area contributed by atoms with Crippen LogP contribution < -0.4 is 21.3 Å². The summed E-state index contributed by atoms with van der Waals surface area (Å²) in [5.74, 6) is -7.39. The Hall–Kier alpha value is -5.48. The Morgan fingerprint density at radius 2 is 1.41 bits per heavy atom. The van der Waals surface area contributed by atoms with Crippen molar-refractivity contribution < 1.29 is 53.6 Å². The molecule has 17 nitrogen and oxygen atoms in total. The van der Waals surface area contributed by atoms with Gasteiger partial charge in [-0.1, -0.05) is 44.2 Å². The molecule has 0 unspecified atom stereocenters. The molecular weight excluding hydrogens is 608 g/mol. The lowest BCUT2D eigenvalue weighted by Gasteiger charge is -2.26. The predicted molar refractivity (Wildman–Crippen MR) is 158 cm³/mol. The van der Waals surface area contributed by atoms with Crippen molar-refractivity contribution in [1.82, 2.24) is 31.2 Å². The van der Waals surface area contributed by atoms with Gasteiger partial charge < -0.3 is 46.3 Å². The first-order valence-corrected chi connectivity index (χ1v) is 14.3. The van der Waals surface area contributed by atoms with Gasteiger partial charge in [0.25, 0.3) is 0 Å². The van der Waals surface area contributed by atoms with E-state index in [1.807, 2.05) is 0 Å². The van der Waals surface area contributed by atoms with Crippen LogP contribution in [-0.2, 0) is 46.5 Å². The summed E-state index contributed by atoms with van der Waals surface area (Å²) in [5, 5.41) is 36.9. The Labute approximate surface area is 263 Å². The van der Waals surface area contributed by atoms with E-state index < -0.39 is 85.2 Å². The lowest BCUT2D eigenvalue weighted by atomic mass is 10.0. The quantitative estimate of drug-likeness (QED) is 0.102. The summed E-state index contributed by atoms with van der Waals surface area (Å²) in [6, 6.07) is 2.78. The average molecular weight is 647 g/mol. The summed E-state index contributed by atoms with van der Waals surface area (Å²) in [6.45, 7) is 3.51. The number of carbonyl (C=O) groups excluding carboxylic acids is 4. The van der Waals surface area contributed by atoms with Gasteiger partial charge in [-0.3, -0.25) is 24.0 Å². The highest BCUT2D eigenvalue weighted by Gasteiger charge is 2.33. The summed E-state index contributed by atoms with van der Waals surface area (Å²) < 4.78 is 5.20. The largest absolute Gasteiger partial charge is 0.481 e. The van der Waals surface area contributed by atoms with E-state index in [0.29, 0.717) is 5.56 Å². The number of aliphatic carboxylic acids is 3. The highest BCUT2D eigenvalue weighted by molar-refractivity contribution is 5.95. The maximum atomic E-state index is 13.4. The van der Waals surface area contributed by atoms with Crippen LogP contribution in [0, 0.1) is 5.92 Å². The molecule has 0 aliphatic rings. The van der Waals surface area contributed by atoms with Gasteiger partial charge in [-0.2, -0.15) is 0 Å². The Balaban J connectivity index is 2.22. The number of H-pyrrole nitrogens is 1. The lowest BCUT2D eigenvalue weighted by Crippen LogP contribution is -2.58. The van der Waals surface area contributed by atoms with E-state index in [1.54, 1.807) is 44.2 Å². The number of benzene rings is 1. The number of hydrogen-bond acceptors (Lipinski definition) is 9. The summed E-state index contributed by atoms with van der Waals surface area (Å²) in [6.07, 6.45) is -0.265. The molecule has 0 aliphatic heterocycles. The Bertz CT molecular complexity index is 1350. The van der Waals surface area contributed by atoms with Crippen molar-refractivity contribution in [2.75, 3.05) is 0 Å². The van der Waals surface area contributed by atoms with Gasteiger partial charge in [0.1, 0.15) is 30.8 Å². The van der Waals surface area contributed by atoms with Crippen LogP contribution in [0.5, 0.6) is 0 Å². The first kappa shape index (κ1) is 36.7. The number of ether oxygens (including phenoxy) is 1. The van der Waals surface area contributed by atoms with E-state index in [4.69, 9.17) is 9.84 Å². The molecule has 0 saturated carbocycles. The minimum atomic E-state index is -1.82. The van der Waals surface area contributed by atoms with E-state index in [1.165, 1.54) is 12.5 Å². The number of carboxylic acid groups (broad SMARTS) is 3. The van der Waals surface area contributed by atoms with E-state index >= 15 is 0 Å². The topological polar surface area (TPSA) is 266 Å². The second-order valence-corrected chi connectivity index (χ2v) is 10.7. The fourth-order valence-electron chi connectivity index (χ4n) is 4.16. The molecule has 1 aromatic carbocycles. The maximum absolute atomic E-state index is 13.4. The number of carbonyl (C=O) groups is 7. The summed E-state index contributed by atoms with van der Waals surface area (Å²) in [4.78, 5) is 92.9. The van der Waals surface area contributed by atoms with Gasteiger partial charge in [0, 0.05) is 19.0 Å². The molecular formula is C29H38N6O11. The van der Waals surface area contributed by atoms with Gasteiger partial charge in [0.2, 0.25) is 17.7 Å². The number of carboxylic acids is 3. The molecule has 0 fully saturated rings. The number of nitrogens with zero attached hydrogens (tertiary/aromatic N) is 1. The number of aromatic nitrogens is 2. The Kier molecular flexibility index (Phi) is 14.6. The fraction of sp³-hybridized carbons (Fsp3) is 0.448. The van der Waals surface area contributed by atoms with Crippen molar-refractivity contribution >= 4 is 41.7 Å². The third-order valence-corrected chi connectivity index (χ3v) is 6.40. The van der Waals surface area contributed by atoms with Gasteiger partial charge in [-0.15, -0.1) is 0 Å². The van der Waals surface area contributed by atoms with Crippen LogP contribution in [0.4, 0.5) is 4.79 Å². The van der Waals surface area contributed by atoms with Gasteiger partial charge in [0.15, 0.2) is 0 Å². The highest BCUT2D eigenvalue weighted by Crippen LogP contribution is 2.09. The van der Waals surface area contributed by atoms with Crippen LogP contribution in [0.15, 0.2) is 42.9 Å². The summed E-state index contributed by atoms with van der Waals surface area (Å²) in [7, 11) is 0. The molecule has 1 aromatic heterocycles. The van der Waals surface area contributed by atoms with Crippen LogP contribution in [0.1, 0.15) is 50.8 Å². The minimum absolute atomic E-state index is 0.0685. The second kappa shape index (κ2) is 18.4. The lowest BCUT2D eigenvalue weighted by molar-refractivity contribution is -0.147. The second-order valence-electron chi connectivity index (χ2n) is 10.7. The first-order chi connectivity index (χ1) is 21.7. The molecule has 2 aromatic rings. The minimum Gasteiger partial charge on any atom is -0.481 e. The third kappa shape index (κ3) is 13.4. The molecule has 46 heavy (non-hydrogen) atoms. The smallest absolute Gasteiger partial charge is 0.408 e. The molecule has 4 atom stereocenters. The van der Waals surface area contributed by atoms with E-state index in [-0.39, 0.29) is 31.1 Å². The third-order valence-electron chi connectivity index (χ3n) is 6.40.